The lowest BCUT2D eigenvalue weighted by atomic mass is 9.94. The average Bonchev–Trinajstić information content (AvgIpc) is 3.04. The maximum absolute atomic E-state index is 12.1. The predicted molar refractivity (Wildman–Crippen MR) is 76.9 cm³/mol. The van der Waals surface area contributed by atoms with Gasteiger partial charge in [0.05, 0.1) is 17.3 Å². The van der Waals surface area contributed by atoms with Crippen LogP contribution in [0.2, 0.25) is 0 Å². The normalized spacial score (nSPS) is 31.4. The second-order valence-electron chi connectivity index (χ2n) is 5.98. The van der Waals surface area contributed by atoms with E-state index in [0.29, 0.717) is 13.1 Å². The minimum atomic E-state index is -3.08. The summed E-state index contributed by atoms with van der Waals surface area (Å²) in [4.78, 5) is 6.62. The highest BCUT2D eigenvalue weighted by molar-refractivity contribution is 7.91. The number of nitrogens with two attached hydrogens (primary N) is 1. The summed E-state index contributed by atoms with van der Waals surface area (Å²) in [5.41, 5.74) is 5.64. The smallest absolute Gasteiger partial charge is 0.152 e. The molecule has 7 heteroatoms. The van der Waals surface area contributed by atoms with Crippen LogP contribution in [0.1, 0.15) is 25.1 Å². The van der Waals surface area contributed by atoms with Crippen molar-refractivity contribution in [2.75, 3.05) is 19.3 Å². The molecule has 0 bridgehead atoms. The Labute approximate surface area is 119 Å². The number of hydrogen-bond acceptors (Lipinski definition) is 5. The number of rotatable bonds is 3. The van der Waals surface area contributed by atoms with Crippen molar-refractivity contribution in [3.05, 3.63) is 18.2 Å². The molecule has 6 nitrogen and oxygen atoms in total. The molecule has 0 radical (unpaired) electrons. The summed E-state index contributed by atoms with van der Waals surface area (Å²) in [6, 6.07) is 0. The highest BCUT2D eigenvalue weighted by atomic mass is 32.2. The molecular weight excluding hydrogens is 276 g/mol. The molecule has 2 heterocycles. The molecule has 0 spiro atoms. The number of aromatic nitrogens is 2. The number of nitrogens with zero attached hydrogens (tertiary/aromatic N) is 3. The molecule has 2 unspecified atom stereocenters. The summed E-state index contributed by atoms with van der Waals surface area (Å²) >= 11 is 0. The third kappa shape index (κ3) is 2.08. The Hall–Kier alpha value is -0.920. The molecule has 1 aliphatic heterocycles. The molecule has 0 aromatic carbocycles. The second kappa shape index (κ2) is 4.82. The molecule has 20 heavy (non-hydrogen) atoms. The summed E-state index contributed by atoms with van der Waals surface area (Å²) in [6.07, 6.45) is 7.64. The number of hydrogen-bond donors (Lipinski definition) is 1. The topological polar surface area (TPSA) is 81.2 Å². The third-order valence-electron chi connectivity index (χ3n) is 4.92. The number of imidazole rings is 1. The van der Waals surface area contributed by atoms with Crippen LogP contribution in [0.15, 0.2) is 12.4 Å². The molecule has 0 amide bonds. The fraction of sp³-hybridized carbons (Fsp3) is 0.769. The van der Waals surface area contributed by atoms with Crippen LogP contribution >= 0.6 is 0 Å². The zero-order valence-corrected chi connectivity index (χ0v) is 12.6. The van der Waals surface area contributed by atoms with Gasteiger partial charge in [0.25, 0.3) is 0 Å². The molecule has 1 aromatic heterocycles. The van der Waals surface area contributed by atoms with Gasteiger partial charge >= 0.3 is 0 Å². The summed E-state index contributed by atoms with van der Waals surface area (Å²) < 4.78 is 26.4. The Morgan fingerprint density at radius 1 is 1.50 bits per heavy atom. The third-order valence-corrected chi connectivity index (χ3v) is 6.63. The van der Waals surface area contributed by atoms with E-state index in [2.05, 4.69) is 14.5 Å². The minimum absolute atomic E-state index is 0.346. The van der Waals surface area contributed by atoms with E-state index in [1.165, 1.54) is 6.26 Å². The molecule has 1 aliphatic carbocycles. The van der Waals surface area contributed by atoms with Crippen molar-refractivity contribution in [1.29, 1.82) is 0 Å². The van der Waals surface area contributed by atoms with Crippen LogP contribution in [0, 0.1) is 0 Å². The van der Waals surface area contributed by atoms with Gasteiger partial charge in [0.1, 0.15) is 5.82 Å². The highest BCUT2D eigenvalue weighted by Crippen LogP contribution is 2.40. The average molecular weight is 298 g/mol. The Morgan fingerprint density at radius 2 is 2.30 bits per heavy atom. The van der Waals surface area contributed by atoms with Crippen LogP contribution in [-0.2, 0) is 22.9 Å². The van der Waals surface area contributed by atoms with Gasteiger partial charge in [-0.25, -0.2) is 13.4 Å². The van der Waals surface area contributed by atoms with Gasteiger partial charge in [-0.2, -0.15) is 0 Å². The molecule has 2 N–H and O–H groups in total. The number of sulfone groups is 1. The van der Waals surface area contributed by atoms with Crippen molar-refractivity contribution in [2.45, 2.75) is 43.1 Å². The lowest BCUT2D eigenvalue weighted by Crippen LogP contribution is -2.61. The first-order chi connectivity index (χ1) is 9.47. The lowest BCUT2D eigenvalue weighted by molar-refractivity contribution is 0.0700. The standard InChI is InChI=1S/C13H22N4O2S/c1-20(18,19)11-3-2-4-13(11,10-14)17-8-7-16-6-5-15-12(16)9-17/h5-6,11H,2-4,7-10,14H2,1H3. The highest BCUT2D eigenvalue weighted by Gasteiger charge is 2.51. The van der Waals surface area contributed by atoms with E-state index in [9.17, 15) is 8.42 Å². The van der Waals surface area contributed by atoms with Gasteiger partial charge in [-0.05, 0) is 12.8 Å². The maximum atomic E-state index is 12.1. The molecular formula is C13H22N4O2S. The van der Waals surface area contributed by atoms with Gasteiger partial charge in [0.2, 0.25) is 0 Å². The molecule has 1 saturated carbocycles. The molecule has 112 valence electrons. The number of fused-ring (bicyclic) bond motifs is 1. The van der Waals surface area contributed by atoms with Gasteiger partial charge in [-0.1, -0.05) is 6.42 Å². The van der Waals surface area contributed by atoms with Gasteiger partial charge < -0.3 is 10.3 Å². The van der Waals surface area contributed by atoms with E-state index in [4.69, 9.17) is 5.73 Å². The lowest BCUT2D eigenvalue weighted by Gasteiger charge is -2.45. The molecule has 3 rings (SSSR count). The van der Waals surface area contributed by atoms with Gasteiger partial charge in [-0.3, -0.25) is 4.90 Å². The molecule has 2 aliphatic rings. The first-order valence-electron chi connectivity index (χ1n) is 7.11. The van der Waals surface area contributed by atoms with E-state index in [0.717, 1.165) is 38.2 Å². The van der Waals surface area contributed by atoms with E-state index < -0.39 is 15.4 Å². The van der Waals surface area contributed by atoms with Gasteiger partial charge in [-0.15, -0.1) is 0 Å². The first kappa shape index (κ1) is 14.0. The van der Waals surface area contributed by atoms with Crippen LogP contribution in [0.25, 0.3) is 0 Å². The fourth-order valence-electron chi connectivity index (χ4n) is 3.91. The van der Waals surface area contributed by atoms with Gasteiger partial charge in [0.15, 0.2) is 9.84 Å². The zero-order chi connectivity index (χ0) is 14.4. The minimum Gasteiger partial charge on any atom is -0.333 e. The molecule has 1 aromatic rings. The van der Waals surface area contributed by atoms with Crippen LogP contribution in [0.3, 0.4) is 0 Å². The van der Waals surface area contributed by atoms with Gasteiger partial charge in [0, 0.05) is 38.3 Å². The SMILES string of the molecule is CS(=O)(=O)C1CCCC1(CN)N1CCn2ccnc2C1. The van der Waals surface area contributed by atoms with Crippen LogP contribution < -0.4 is 5.73 Å². The maximum Gasteiger partial charge on any atom is 0.152 e. The Kier molecular flexibility index (Phi) is 3.38. The van der Waals surface area contributed by atoms with Crippen molar-refractivity contribution in [1.82, 2.24) is 14.5 Å². The van der Waals surface area contributed by atoms with Crippen LogP contribution in [0.4, 0.5) is 0 Å². The predicted octanol–water partition coefficient (Wildman–Crippen LogP) is -0.00670. The zero-order valence-electron chi connectivity index (χ0n) is 11.8. The van der Waals surface area contributed by atoms with E-state index in [1.54, 1.807) is 6.20 Å². The second-order valence-corrected chi connectivity index (χ2v) is 8.20. The van der Waals surface area contributed by atoms with E-state index in [1.807, 2.05) is 6.20 Å². The summed E-state index contributed by atoms with van der Waals surface area (Å²) in [5, 5.41) is -0.346. The summed E-state index contributed by atoms with van der Waals surface area (Å²) in [5.74, 6) is 1.00. The van der Waals surface area contributed by atoms with E-state index >= 15 is 0 Å². The summed E-state index contributed by atoms with van der Waals surface area (Å²) in [6.45, 7) is 2.78. The fourth-order valence-corrected chi connectivity index (χ4v) is 5.67. The van der Waals surface area contributed by atoms with Crippen molar-refractivity contribution in [3.63, 3.8) is 0 Å². The summed E-state index contributed by atoms with van der Waals surface area (Å²) in [7, 11) is -3.08. The van der Waals surface area contributed by atoms with Crippen LogP contribution in [-0.4, -0.2) is 53.0 Å². The van der Waals surface area contributed by atoms with Crippen molar-refractivity contribution in [3.8, 4) is 0 Å². The molecule has 2 atom stereocenters. The van der Waals surface area contributed by atoms with E-state index in [-0.39, 0.29) is 5.25 Å². The largest absolute Gasteiger partial charge is 0.333 e. The quantitative estimate of drug-likeness (QED) is 0.849. The van der Waals surface area contributed by atoms with Crippen molar-refractivity contribution >= 4 is 9.84 Å². The van der Waals surface area contributed by atoms with Crippen LogP contribution in [0.5, 0.6) is 0 Å². The Bertz CT molecular complexity index is 597. The first-order valence-corrected chi connectivity index (χ1v) is 9.07. The van der Waals surface area contributed by atoms with Crippen molar-refractivity contribution in [2.24, 2.45) is 5.73 Å². The Morgan fingerprint density at radius 3 is 3.00 bits per heavy atom. The Balaban J connectivity index is 1.94. The molecule has 1 fully saturated rings. The monoisotopic (exact) mass is 298 g/mol. The molecule has 0 saturated heterocycles. The van der Waals surface area contributed by atoms with Crippen molar-refractivity contribution < 1.29 is 8.42 Å².